The van der Waals surface area contributed by atoms with Gasteiger partial charge in [0.1, 0.15) is 0 Å². The Balaban J connectivity index is 1.27. The smallest absolute Gasteiger partial charge is 0.311 e. The second-order valence-electron chi connectivity index (χ2n) is 6.43. The molecule has 0 unspecified atom stereocenters. The van der Waals surface area contributed by atoms with Crippen LogP contribution in [0.4, 0.5) is 5.69 Å². The average Bonchev–Trinajstić information content (AvgIpc) is 3.22. The van der Waals surface area contributed by atoms with Gasteiger partial charge in [-0.25, -0.2) is 4.79 Å². The van der Waals surface area contributed by atoms with E-state index in [1.54, 1.807) is 16.3 Å². The summed E-state index contributed by atoms with van der Waals surface area (Å²) in [4.78, 5) is 29.3. The molecule has 3 aromatic rings. The van der Waals surface area contributed by atoms with Gasteiger partial charge in [-0.1, -0.05) is 30.3 Å². The third kappa shape index (κ3) is 3.29. The average molecular weight is 367 g/mol. The molecule has 1 N–H and O–H groups in total. The van der Waals surface area contributed by atoms with Crippen molar-refractivity contribution in [2.45, 2.75) is 19.4 Å². The number of anilines is 1. The van der Waals surface area contributed by atoms with Crippen molar-refractivity contribution >= 4 is 34.4 Å². The van der Waals surface area contributed by atoms with E-state index in [1.165, 1.54) is 5.56 Å². The highest BCUT2D eigenvalue weighted by atomic mass is 32.2. The number of rotatable bonds is 6. The van der Waals surface area contributed by atoms with Crippen LogP contribution in [0.1, 0.15) is 12.0 Å². The van der Waals surface area contributed by atoms with E-state index in [1.807, 2.05) is 47.4 Å². The molecule has 0 fully saturated rings. The van der Waals surface area contributed by atoms with Gasteiger partial charge in [0.15, 0.2) is 0 Å². The number of amides is 1. The van der Waals surface area contributed by atoms with Gasteiger partial charge < -0.3 is 9.88 Å². The van der Waals surface area contributed by atoms with Gasteiger partial charge in [-0.15, -0.1) is 0 Å². The number of carbonyl (C=O) groups is 1. The van der Waals surface area contributed by atoms with Crippen molar-refractivity contribution in [3.05, 3.63) is 64.6 Å². The lowest BCUT2D eigenvalue weighted by molar-refractivity contribution is -0.116. The van der Waals surface area contributed by atoms with Gasteiger partial charge in [-0.05, 0) is 42.4 Å². The van der Waals surface area contributed by atoms with Crippen LogP contribution < -0.4 is 10.6 Å². The SMILES string of the molecule is O=C(CSCCCn1c(=O)[nH]c2ccccc21)N1CCc2ccccc21. The summed E-state index contributed by atoms with van der Waals surface area (Å²) in [6.07, 6.45) is 1.80. The van der Waals surface area contributed by atoms with Crippen LogP contribution in [0.25, 0.3) is 11.0 Å². The van der Waals surface area contributed by atoms with Gasteiger partial charge in [-0.2, -0.15) is 11.8 Å². The first kappa shape index (κ1) is 17.0. The Labute approximate surface area is 156 Å². The highest BCUT2D eigenvalue weighted by Crippen LogP contribution is 2.28. The second kappa shape index (κ2) is 7.41. The number of aryl methyl sites for hydroxylation is 1. The number of nitrogens with zero attached hydrogens (tertiary/aromatic N) is 2. The van der Waals surface area contributed by atoms with Crippen LogP contribution in [-0.4, -0.2) is 33.5 Å². The Hall–Kier alpha value is -2.47. The van der Waals surface area contributed by atoms with E-state index in [9.17, 15) is 9.59 Å². The molecule has 1 amide bonds. The fraction of sp³-hybridized carbons (Fsp3) is 0.300. The molecule has 1 aliphatic heterocycles. The lowest BCUT2D eigenvalue weighted by atomic mass is 10.2. The summed E-state index contributed by atoms with van der Waals surface area (Å²) in [6, 6.07) is 15.8. The van der Waals surface area contributed by atoms with Gasteiger partial charge in [0.05, 0.1) is 16.8 Å². The van der Waals surface area contributed by atoms with Crippen LogP contribution in [0.3, 0.4) is 0 Å². The number of H-pyrrole nitrogens is 1. The van der Waals surface area contributed by atoms with E-state index in [0.717, 1.165) is 41.9 Å². The molecule has 1 aromatic heterocycles. The molecule has 0 atom stereocenters. The molecule has 0 saturated heterocycles. The lowest BCUT2D eigenvalue weighted by Crippen LogP contribution is -2.30. The molecule has 6 heteroatoms. The van der Waals surface area contributed by atoms with Crippen LogP contribution in [0.15, 0.2) is 53.3 Å². The fourth-order valence-electron chi connectivity index (χ4n) is 3.49. The molecule has 134 valence electrons. The lowest BCUT2D eigenvalue weighted by Gasteiger charge is -2.17. The quantitative estimate of drug-likeness (QED) is 0.681. The van der Waals surface area contributed by atoms with Gasteiger partial charge >= 0.3 is 5.69 Å². The maximum absolute atomic E-state index is 12.5. The minimum Gasteiger partial charge on any atom is -0.311 e. The Morgan fingerprint density at radius 1 is 1.12 bits per heavy atom. The minimum atomic E-state index is -0.0686. The molecule has 5 nitrogen and oxygen atoms in total. The summed E-state index contributed by atoms with van der Waals surface area (Å²) < 4.78 is 1.77. The Morgan fingerprint density at radius 3 is 2.85 bits per heavy atom. The van der Waals surface area contributed by atoms with Gasteiger partial charge in [-0.3, -0.25) is 9.36 Å². The third-order valence-corrected chi connectivity index (χ3v) is 5.79. The number of hydrogen-bond acceptors (Lipinski definition) is 3. The predicted molar refractivity (Wildman–Crippen MR) is 107 cm³/mol. The Kier molecular flexibility index (Phi) is 4.84. The van der Waals surface area contributed by atoms with Crippen LogP contribution >= 0.6 is 11.8 Å². The van der Waals surface area contributed by atoms with E-state index in [4.69, 9.17) is 0 Å². The van der Waals surface area contributed by atoms with E-state index in [-0.39, 0.29) is 11.6 Å². The molecular formula is C20H21N3O2S. The first-order valence-electron chi connectivity index (χ1n) is 8.87. The summed E-state index contributed by atoms with van der Waals surface area (Å²) >= 11 is 1.64. The molecule has 0 bridgehead atoms. The Morgan fingerprint density at radius 2 is 1.92 bits per heavy atom. The number of aromatic amines is 1. The van der Waals surface area contributed by atoms with Crippen LogP contribution in [0.2, 0.25) is 0 Å². The highest BCUT2D eigenvalue weighted by molar-refractivity contribution is 7.99. The predicted octanol–water partition coefficient (Wildman–Crippen LogP) is 3.04. The monoisotopic (exact) mass is 367 g/mol. The summed E-state index contributed by atoms with van der Waals surface area (Å²) in [5.41, 5.74) is 4.05. The molecule has 4 rings (SSSR count). The zero-order valence-electron chi connectivity index (χ0n) is 14.5. The molecule has 0 aliphatic carbocycles. The molecule has 2 aromatic carbocycles. The number of thioether (sulfide) groups is 1. The molecule has 1 aliphatic rings. The minimum absolute atomic E-state index is 0.0686. The number of benzene rings is 2. The zero-order valence-corrected chi connectivity index (χ0v) is 15.3. The van der Waals surface area contributed by atoms with Crippen LogP contribution in [0, 0.1) is 0 Å². The Bertz CT molecular complexity index is 992. The van der Waals surface area contributed by atoms with Crippen molar-refractivity contribution in [1.82, 2.24) is 9.55 Å². The second-order valence-corrected chi connectivity index (χ2v) is 7.53. The van der Waals surface area contributed by atoms with E-state index in [0.29, 0.717) is 12.3 Å². The van der Waals surface area contributed by atoms with Crippen molar-refractivity contribution in [3.8, 4) is 0 Å². The van der Waals surface area contributed by atoms with Crippen LogP contribution in [0.5, 0.6) is 0 Å². The summed E-state index contributed by atoms with van der Waals surface area (Å²) in [5, 5.41) is 0. The third-order valence-electron chi connectivity index (χ3n) is 4.77. The van der Waals surface area contributed by atoms with Crippen molar-refractivity contribution < 1.29 is 4.79 Å². The zero-order chi connectivity index (χ0) is 17.9. The highest BCUT2D eigenvalue weighted by Gasteiger charge is 2.23. The maximum Gasteiger partial charge on any atom is 0.326 e. The topological polar surface area (TPSA) is 58.1 Å². The van der Waals surface area contributed by atoms with E-state index < -0.39 is 0 Å². The summed E-state index contributed by atoms with van der Waals surface area (Å²) in [5.74, 6) is 1.51. The molecule has 0 radical (unpaired) electrons. The molecule has 26 heavy (non-hydrogen) atoms. The number of aromatic nitrogens is 2. The van der Waals surface area contributed by atoms with Crippen molar-refractivity contribution in [1.29, 1.82) is 0 Å². The van der Waals surface area contributed by atoms with E-state index >= 15 is 0 Å². The van der Waals surface area contributed by atoms with Gasteiger partial charge in [0.25, 0.3) is 0 Å². The van der Waals surface area contributed by atoms with Crippen molar-refractivity contribution in [2.75, 3.05) is 23.0 Å². The first-order chi connectivity index (χ1) is 12.7. The largest absolute Gasteiger partial charge is 0.326 e. The molecule has 0 spiro atoms. The van der Waals surface area contributed by atoms with Crippen molar-refractivity contribution in [3.63, 3.8) is 0 Å². The standard InChI is InChI=1S/C20H21N3O2S/c24-19(22-12-10-15-6-1-3-8-17(15)22)14-26-13-5-11-23-18-9-4-2-7-16(18)21-20(23)25/h1-4,6-9H,5,10-14H2,(H,21,25). The van der Waals surface area contributed by atoms with Crippen LogP contribution in [-0.2, 0) is 17.8 Å². The number of fused-ring (bicyclic) bond motifs is 2. The number of carbonyl (C=O) groups excluding carboxylic acids is 1. The number of imidazole rings is 1. The molecule has 2 heterocycles. The summed E-state index contributed by atoms with van der Waals surface area (Å²) in [6.45, 7) is 1.44. The first-order valence-corrected chi connectivity index (χ1v) is 10.0. The number of hydrogen-bond donors (Lipinski definition) is 1. The normalized spacial score (nSPS) is 13.3. The molecule has 0 saturated carbocycles. The molecular weight excluding hydrogens is 346 g/mol. The summed E-state index contributed by atoms with van der Waals surface area (Å²) in [7, 11) is 0. The fourth-order valence-corrected chi connectivity index (χ4v) is 4.30. The van der Waals surface area contributed by atoms with E-state index in [2.05, 4.69) is 11.1 Å². The number of nitrogens with one attached hydrogen (secondary N) is 1. The maximum atomic E-state index is 12.5. The van der Waals surface area contributed by atoms with Gasteiger partial charge in [0.2, 0.25) is 5.91 Å². The van der Waals surface area contributed by atoms with Crippen molar-refractivity contribution in [2.24, 2.45) is 0 Å². The van der Waals surface area contributed by atoms with Gasteiger partial charge in [0, 0.05) is 18.8 Å². The number of para-hydroxylation sites is 3.